The van der Waals surface area contributed by atoms with Crippen molar-refractivity contribution in [2.75, 3.05) is 26.7 Å². The minimum Gasteiger partial charge on any atom is -0.481 e. The van der Waals surface area contributed by atoms with E-state index in [1.54, 1.807) is 12.1 Å². The van der Waals surface area contributed by atoms with Gasteiger partial charge in [0.1, 0.15) is 5.82 Å². The van der Waals surface area contributed by atoms with Gasteiger partial charge in [0.2, 0.25) is 5.88 Å². The number of ether oxygens (including phenoxy) is 1. The van der Waals surface area contributed by atoms with Crippen LogP contribution in [0.3, 0.4) is 0 Å². The Labute approximate surface area is 156 Å². The molecule has 2 fully saturated rings. The van der Waals surface area contributed by atoms with Gasteiger partial charge in [-0.05, 0) is 37.2 Å². The molecule has 4 rings (SSSR count). The molecule has 3 unspecified atom stereocenters. The van der Waals surface area contributed by atoms with E-state index in [1.807, 2.05) is 0 Å². The Bertz CT molecular complexity index is 862. The summed E-state index contributed by atoms with van der Waals surface area (Å²) < 4.78 is 19.6. The zero-order valence-corrected chi connectivity index (χ0v) is 15.2. The molecule has 3 atom stereocenters. The van der Waals surface area contributed by atoms with Crippen molar-refractivity contribution in [2.24, 2.45) is 11.8 Å². The van der Waals surface area contributed by atoms with E-state index in [1.165, 1.54) is 13.3 Å². The molecule has 2 aliphatic rings. The number of pyridine rings is 2. The first kappa shape index (κ1) is 17.9. The van der Waals surface area contributed by atoms with Gasteiger partial charge in [-0.1, -0.05) is 0 Å². The van der Waals surface area contributed by atoms with Crippen LogP contribution < -0.4 is 10.1 Å². The maximum atomic E-state index is 14.4. The molecular formula is C19H23FN4O3. The Hall–Kier alpha value is -2.48. The van der Waals surface area contributed by atoms with E-state index < -0.39 is 6.09 Å². The normalized spacial score (nSPS) is 24.9. The summed E-state index contributed by atoms with van der Waals surface area (Å²) in [4.78, 5) is 21.8. The first-order valence-corrected chi connectivity index (χ1v) is 9.25. The van der Waals surface area contributed by atoms with Crippen molar-refractivity contribution in [1.82, 2.24) is 20.2 Å². The predicted octanol–water partition coefficient (Wildman–Crippen LogP) is 2.30. The van der Waals surface area contributed by atoms with Crippen LogP contribution in [0.4, 0.5) is 9.18 Å². The number of likely N-dealkylation sites (tertiary alicyclic amines) is 1. The fourth-order valence-corrected chi connectivity index (χ4v) is 4.58. The monoisotopic (exact) mass is 374 g/mol. The fraction of sp³-hybridized carbons (Fsp3) is 0.526. The zero-order chi connectivity index (χ0) is 19.0. The number of hydrogen-bond acceptors (Lipinski definition) is 5. The maximum absolute atomic E-state index is 14.4. The molecule has 7 nitrogen and oxygen atoms in total. The third-order valence-corrected chi connectivity index (χ3v) is 5.87. The van der Waals surface area contributed by atoms with Gasteiger partial charge in [0.15, 0.2) is 0 Å². The summed E-state index contributed by atoms with van der Waals surface area (Å²) in [6, 6.07) is 3.53. The Morgan fingerprint density at radius 3 is 3.04 bits per heavy atom. The molecule has 144 valence electrons. The lowest BCUT2D eigenvalue weighted by molar-refractivity contribution is 0.185. The van der Waals surface area contributed by atoms with Crippen LogP contribution in [0.2, 0.25) is 0 Å². The lowest BCUT2D eigenvalue weighted by Crippen LogP contribution is -2.39. The first-order valence-electron chi connectivity index (χ1n) is 9.25. The molecule has 1 amide bonds. The van der Waals surface area contributed by atoms with Gasteiger partial charge < -0.3 is 20.1 Å². The lowest BCUT2D eigenvalue weighted by Gasteiger charge is -2.20. The number of fused-ring (bicyclic) bond motifs is 2. The fourth-order valence-electron chi connectivity index (χ4n) is 4.58. The van der Waals surface area contributed by atoms with Gasteiger partial charge in [0, 0.05) is 37.3 Å². The third kappa shape index (κ3) is 3.53. The van der Waals surface area contributed by atoms with Gasteiger partial charge in [-0.2, -0.15) is 0 Å². The largest absolute Gasteiger partial charge is 0.481 e. The smallest absolute Gasteiger partial charge is 0.404 e. The molecule has 8 heteroatoms. The van der Waals surface area contributed by atoms with Crippen LogP contribution in [-0.4, -0.2) is 58.9 Å². The van der Waals surface area contributed by atoms with Crippen molar-refractivity contribution in [3.63, 3.8) is 0 Å². The molecule has 2 aromatic rings. The third-order valence-electron chi connectivity index (χ3n) is 5.87. The minimum absolute atomic E-state index is 0.0296. The average molecular weight is 374 g/mol. The number of carboxylic acid groups (broad SMARTS) is 1. The summed E-state index contributed by atoms with van der Waals surface area (Å²) in [5.74, 6) is 0.944. The maximum Gasteiger partial charge on any atom is 0.404 e. The van der Waals surface area contributed by atoms with Gasteiger partial charge in [-0.3, -0.25) is 4.98 Å². The summed E-state index contributed by atoms with van der Waals surface area (Å²) in [6.07, 6.45) is 2.77. The minimum atomic E-state index is -0.954. The van der Waals surface area contributed by atoms with E-state index in [9.17, 15) is 9.18 Å². The number of amides is 1. The highest BCUT2D eigenvalue weighted by Crippen LogP contribution is 2.38. The molecule has 0 aromatic carbocycles. The summed E-state index contributed by atoms with van der Waals surface area (Å²) in [6.45, 7) is 2.49. The van der Waals surface area contributed by atoms with Gasteiger partial charge in [-0.25, -0.2) is 14.2 Å². The molecule has 2 aromatic heterocycles. The highest BCUT2D eigenvalue weighted by Gasteiger charge is 2.42. The molecule has 2 N–H and O–H groups in total. The van der Waals surface area contributed by atoms with E-state index >= 15 is 0 Å². The molecular weight excluding hydrogens is 351 g/mol. The molecule has 3 heterocycles. The van der Waals surface area contributed by atoms with Crippen LogP contribution in [-0.2, 0) is 6.42 Å². The van der Waals surface area contributed by atoms with Gasteiger partial charge in [0.05, 0.1) is 24.3 Å². The van der Waals surface area contributed by atoms with E-state index in [0.29, 0.717) is 47.3 Å². The van der Waals surface area contributed by atoms with Gasteiger partial charge in [-0.15, -0.1) is 0 Å². The molecule has 1 aliphatic heterocycles. The molecule has 0 radical (unpaired) electrons. The average Bonchev–Trinajstić information content (AvgIpc) is 3.21. The zero-order valence-electron chi connectivity index (χ0n) is 15.2. The number of methoxy groups -OCH3 is 1. The van der Waals surface area contributed by atoms with E-state index in [0.717, 1.165) is 25.9 Å². The molecule has 0 spiro atoms. The SMILES string of the molecule is COc1ccc2ncc(F)c(CCN3CC4CCC(NC(=O)O)C4C3)c2n1. The van der Waals surface area contributed by atoms with Crippen molar-refractivity contribution in [2.45, 2.75) is 25.3 Å². The second kappa shape index (κ2) is 7.26. The van der Waals surface area contributed by atoms with Gasteiger partial charge in [0.25, 0.3) is 0 Å². The van der Waals surface area contributed by atoms with Crippen LogP contribution in [0.15, 0.2) is 18.3 Å². The summed E-state index contributed by atoms with van der Waals surface area (Å²) >= 11 is 0. The second-order valence-electron chi connectivity index (χ2n) is 7.37. The molecule has 1 saturated carbocycles. The Balaban J connectivity index is 1.47. The predicted molar refractivity (Wildman–Crippen MR) is 97.4 cm³/mol. The molecule has 1 saturated heterocycles. The Morgan fingerprint density at radius 2 is 2.26 bits per heavy atom. The van der Waals surface area contributed by atoms with E-state index in [4.69, 9.17) is 9.84 Å². The van der Waals surface area contributed by atoms with Crippen molar-refractivity contribution >= 4 is 17.1 Å². The number of halogens is 1. The summed E-state index contributed by atoms with van der Waals surface area (Å²) in [5, 5.41) is 11.6. The van der Waals surface area contributed by atoms with Crippen LogP contribution >= 0.6 is 0 Å². The highest BCUT2D eigenvalue weighted by molar-refractivity contribution is 5.78. The van der Waals surface area contributed by atoms with Crippen LogP contribution in [0, 0.1) is 17.7 Å². The molecule has 1 aliphatic carbocycles. The van der Waals surface area contributed by atoms with Crippen molar-refractivity contribution in [1.29, 1.82) is 0 Å². The lowest BCUT2D eigenvalue weighted by atomic mass is 9.98. The van der Waals surface area contributed by atoms with Crippen molar-refractivity contribution in [3.8, 4) is 5.88 Å². The summed E-state index contributed by atoms with van der Waals surface area (Å²) in [5.41, 5.74) is 1.74. The first-order chi connectivity index (χ1) is 13.0. The van der Waals surface area contributed by atoms with Crippen LogP contribution in [0.25, 0.3) is 11.0 Å². The second-order valence-corrected chi connectivity index (χ2v) is 7.37. The topological polar surface area (TPSA) is 87.6 Å². The van der Waals surface area contributed by atoms with Crippen molar-refractivity contribution < 1.29 is 19.0 Å². The van der Waals surface area contributed by atoms with Crippen LogP contribution in [0.5, 0.6) is 5.88 Å². The summed E-state index contributed by atoms with van der Waals surface area (Å²) in [7, 11) is 1.53. The highest BCUT2D eigenvalue weighted by atomic mass is 19.1. The standard InChI is InChI=1S/C19H23FN4O3/c1-27-17-5-4-16-18(23-17)12(14(20)8-21-16)6-7-24-9-11-2-3-15(13(11)10-24)22-19(25)26/h4-5,8,11,13,15,22H,2-3,6-7,9-10H2,1H3,(H,25,26). The number of carbonyl (C=O) groups is 1. The van der Waals surface area contributed by atoms with E-state index in [-0.39, 0.29) is 11.9 Å². The number of hydrogen-bond donors (Lipinski definition) is 2. The number of rotatable bonds is 5. The number of nitrogens with one attached hydrogen (secondary N) is 1. The quantitative estimate of drug-likeness (QED) is 0.835. The number of aromatic nitrogens is 2. The number of nitrogens with zero attached hydrogens (tertiary/aromatic N) is 3. The van der Waals surface area contributed by atoms with E-state index in [2.05, 4.69) is 20.2 Å². The Morgan fingerprint density at radius 1 is 1.41 bits per heavy atom. The van der Waals surface area contributed by atoms with Gasteiger partial charge >= 0.3 is 6.09 Å². The Kier molecular flexibility index (Phi) is 4.82. The van der Waals surface area contributed by atoms with Crippen LogP contribution in [0.1, 0.15) is 18.4 Å². The molecule has 0 bridgehead atoms. The molecule has 27 heavy (non-hydrogen) atoms. The van der Waals surface area contributed by atoms with Crippen molar-refractivity contribution in [3.05, 3.63) is 29.7 Å².